The van der Waals surface area contributed by atoms with Gasteiger partial charge in [-0.15, -0.1) is 10.2 Å². The number of hydrogen-bond donors (Lipinski definition) is 1. The molecule has 168 valence electrons. The lowest BCUT2D eigenvalue weighted by Gasteiger charge is -2.09. The van der Waals surface area contributed by atoms with E-state index in [-0.39, 0.29) is 12.3 Å². The standard InChI is InChI=1S/C26H22N6O2/c1-2-34-22-10-8-18(9-11-22)15-25(33)28-21-7-3-5-19(16-21)23-12-13-24-29-30-26(32(24)31-23)20-6-4-14-27-17-20/h3-14,16-17H,2,15H2,1H3,(H,28,33). The van der Waals surface area contributed by atoms with Crippen LogP contribution < -0.4 is 10.1 Å². The van der Waals surface area contributed by atoms with Crippen molar-refractivity contribution in [1.82, 2.24) is 24.8 Å². The number of anilines is 1. The van der Waals surface area contributed by atoms with E-state index < -0.39 is 0 Å². The van der Waals surface area contributed by atoms with Gasteiger partial charge in [-0.3, -0.25) is 9.78 Å². The van der Waals surface area contributed by atoms with Crippen molar-refractivity contribution in [2.45, 2.75) is 13.3 Å². The van der Waals surface area contributed by atoms with E-state index in [1.807, 2.05) is 79.7 Å². The molecule has 8 nitrogen and oxygen atoms in total. The zero-order valence-electron chi connectivity index (χ0n) is 18.5. The zero-order valence-corrected chi connectivity index (χ0v) is 18.5. The van der Waals surface area contributed by atoms with E-state index in [1.165, 1.54) is 0 Å². The third kappa shape index (κ3) is 4.61. The molecular formula is C26H22N6O2. The van der Waals surface area contributed by atoms with Gasteiger partial charge in [0.1, 0.15) is 5.75 Å². The average Bonchev–Trinajstić information content (AvgIpc) is 3.29. The Morgan fingerprint density at radius 2 is 1.82 bits per heavy atom. The lowest BCUT2D eigenvalue weighted by Crippen LogP contribution is -2.14. The van der Waals surface area contributed by atoms with Crippen molar-refractivity contribution < 1.29 is 9.53 Å². The molecule has 1 N–H and O–H groups in total. The van der Waals surface area contributed by atoms with E-state index in [1.54, 1.807) is 16.9 Å². The Hall–Kier alpha value is -4.59. The van der Waals surface area contributed by atoms with Crippen molar-refractivity contribution in [3.05, 3.63) is 90.8 Å². The molecule has 5 rings (SSSR count). The van der Waals surface area contributed by atoms with Gasteiger partial charge in [0.05, 0.1) is 18.7 Å². The van der Waals surface area contributed by atoms with Gasteiger partial charge in [-0.1, -0.05) is 24.3 Å². The molecule has 34 heavy (non-hydrogen) atoms. The molecule has 0 bridgehead atoms. The summed E-state index contributed by atoms with van der Waals surface area (Å²) in [4.78, 5) is 16.8. The van der Waals surface area contributed by atoms with Crippen LogP contribution in [0.4, 0.5) is 5.69 Å². The predicted molar refractivity (Wildman–Crippen MR) is 129 cm³/mol. The van der Waals surface area contributed by atoms with Gasteiger partial charge < -0.3 is 10.1 Å². The Morgan fingerprint density at radius 3 is 2.62 bits per heavy atom. The van der Waals surface area contributed by atoms with E-state index in [0.717, 1.165) is 28.1 Å². The van der Waals surface area contributed by atoms with Crippen molar-refractivity contribution in [1.29, 1.82) is 0 Å². The zero-order chi connectivity index (χ0) is 23.3. The summed E-state index contributed by atoms with van der Waals surface area (Å²) in [6.45, 7) is 2.55. The fraction of sp³-hybridized carbons (Fsp3) is 0.115. The number of pyridine rings is 1. The lowest BCUT2D eigenvalue weighted by molar-refractivity contribution is -0.115. The number of rotatable bonds is 7. The van der Waals surface area contributed by atoms with Gasteiger partial charge in [-0.2, -0.15) is 9.61 Å². The molecule has 0 aliphatic carbocycles. The topological polar surface area (TPSA) is 94.3 Å². The highest BCUT2D eigenvalue weighted by Gasteiger charge is 2.12. The Bertz CT molecular complexity index is 1430. The Labute approximate surface area is 196 Å². The second-order valence-corrected chi connectivity index (χ2v) is 7.64. The minimum Gasteiger partial charge on any atom is -0.494 e. The molecule has 3 heterocycles. The number of fused-ring (bicyclic) bond motifs is 1. The summed E-state index contributed by atoms with van der Waals surface area (Å²) < 4.78 is 7.15. The monoisotopic (exact) mass is 450 g/mol. The number of amides is 1. The van der Waals surface area contributed by atoms with Crippen LogP contribution in [0.2, 0.25) is 0 Å². The molecule has 0 saturated carbocycles. The number of carbonyl (C=O) groups is 1. The highest BCUT2D eigenvalue weighted by atomic mass is 16.5. The van der Waals surface area contributed by atoms with Gasteiger partial charge in [0, 0.05) is 29.2 Å². The molecule has 0 aliphatic rings. The number of carbonyl (C=O) groups excluding carboxylic acids is 1. The second kappa shape index (κ2) is 9.50. The van der Waals surface area contributed by atoms with Crippen LogP contribution in [0.3, 0.4) is 0 Å². The van der Waals surface area contributed by atoms with Crippen LogP contribution in [0.5, 0.6) is 5.75 Å². The fourth-order valence-corrected chi connectivity index (χ4v) is 3.63. The Balaban J connectivity index is 1.35. The average molecular weight is 451 g/mol. The van der Waals surface area contributed by atoms with Crippen LogP contribution in [0.25, 0.3) is 28.3 Å². The van der Waals surface area contributed by atoms with Crippen LogP contribution in [0.1, 0.15) is 12.5 Å². The highest BCUT2D eigenvalue weighted by molar-refractivity contribution is 5.92. The molecule has 3 aromatic heterocycles. The summed E-state index contributed by atoms with van der Waals surface area (Å²) >= 11 is 0. The summed E-state index contributed by atoms with van der Waals surface area (Å²) in [5, 5.41) is 16.2. The molecule has 0 aliphatic heterocycles. The smallest absolute Gasteiger partial charge is 0.228 e. The third-order valence-electron chi connectivity index (χ3n) is 5.22. The Morgan fingerprint density at radius 1 is 0.971 bits per heavy atom. The molecule has 0 atom stereocenters. The van der Waals surface area contributed by atoms with Gasteiger partial charge in [-0.05, 0) is 61.0 Å². The van der Waals surface area contributed by atoms with E-state index in [4.69, 9.17) is 9.84 Å². The van der Waals surface area contributed by atoms with Gasteiger partial charge in [0.25, 0.3) is 0 Å². The lowest BCUT2D eigenvalue weighted by atomic mass is 10.1. The first-order valence-corrected chi connectivity index (χ1v) is 10.9. The number of hydrogen-bond acceptors (Lipinski definition) is 6. The highest BCUT2D eigenvalue weighted by Crippen LogP contribution is 2.23. The molecule has 2 aromatic carbocycles. The number of ether oxygens (including phenoxy) is 1. The maximum absolute atomic E-state index is 12.6. The van der Waals surface area contributed by atoms with Crippen LogP contribution >= 0.6 is 0 Å². The number of benzene rings is 2. The van der Waals surface area contributed by atoms with Crippen molar-refractivity contribution >= 4 is 17.2 Å². The van der Waals surface area contributed by atoms with Crippen LogP contribution in [-0.4, -0.2) is 37.3 Å². The summed E-state index contributed by atoms with van der Waals surface area (Å²) in [6.07, 6.45) is 3.71. The van der Waals surface area contributed by atoms with E-state index in [0.29, 0.717) is 23.8 Å². The van der Waals surface area contributed by atoms with Crippen molar-refractivity contribution in [3.63, 3.8) is 0 Å². The van der Waals surface area contributed by atoms with Crippen molar-refractivity contribution in [3.8, 4) is 28.4 Å². The van der Waals surface area contributed by atoms with Crippen LogP contribution in [0.15, 0.2) is 85.2 Å². The summed E-state index contributed by atoms with van der Waals surface area (Å²) in [6, 6.07) is 22.7. The first kappa shape index (κ1) is 21.3. The molecule has 8 heteroatoms. The molecule has 0 radical (unpaired) electrons. The molecule has 0 saturated heterocycles. The predicted octanol–water partition coefficient (Wildman–Crippen LogP) is 4.43. The molecular weight excluding hydrogens is 428 g/mol. The molecule has 1 amide bonds. The number of nitrogens with one attached hydrogen (secondary N) is 1. The maximum Gasteiger partial charge on any atom is 0.228 e. The number of aromatic nitrogens is 5. The van der Waals surface area contributed by atoms with Crippen molar-refractivity contribution in [2.24, 2.45) is 0 Å². The van der Waals surface area contributed by atoms with Gasteiger partial charge >= 0.3 is 0 Å². The summed E-state index contributed by atoms with van der Waals surface area (Å²) in [5.41, 5.74) is 4.69. The van der Waals surface area contributed by atoms with Gasteiger partial charge in [0.2, 0.25) is 5.91 Å². The van der Waals surface area contributed by atoms with E-state index in [2.05, 4.69) is 20.5 Å². The molecule has 0 spiro atoms. The second-order valence-electron chi connectivity index (χ2n) is 7.64. The Kier molecular flexibility index (Phi) is 5.94. The summed E-state index contributed by atoms with van der Waals surface area (Å²) in [7, 11) is 0. The fourth-order valence-electron chi connectivity index (χ4n) is 3.63. The molecule has 0 unspecified atom stereocenters. The van der Waals surface area contributed by atoms with Gasteiger partial charge in [0.15, 0.2) is 11.5 Å². The first-order valence-electron chi connectivity index (χ1n) is 10.9. The van der Waals surface area contributed by atoms with E-state index in [9.17, 15) is 4.79 Å². The molecule has 5 aromatic rings. The van der Waals surface area contributed by atoms with Crippen molar-refractivity contribution in [2.75, 3.05) is 11.9 Å². The maximum atomic E-state index is 12.6. The normalized spacial score (nSPS) is 10.9. The third-order valence-corrected chi connectivity index (χ3v) is 5.22. The minimum atomic E-state index is -0.0950. The van der Waals surface area contributed by atoms with Crippen LogP contribution in [-0.2, 0) is 11.2 Å². The quantitative estimate of drug-likeness (QED) is 0.394. The number of nitrogens with zero attached hydrogens (tertiary/aromatic N) is 5. The van der Waals surface area contributed by atoms with Gasteiger partial charge in [-0.25, -0.2) is 0 Å². The van der Waals surface area contributed by atoms with E-state index >= 15 is 0 Å². The van der Waals surface area contributed by atoms with Crippen LogP contribution in [0, 0.1) is 0 Å². The SMILES string of the molecule is CCOc1ccc(CC(=O)Nc2cccc(-c3ccc4nnc(-c5cccnc5)n4n3)c2)cc1. The first-order chi connectivity index (χ1) is 16.7. The largest absolute Gasteiger partial charge is 0.494 e. The molecule has 0 fully saturated rings. The summed E-state index contributed by atoms with van der Waals surface area (Å²) in [5.74, 6) is 1.32. The minimum absolute atomic E-state index is 0.0950.